The van der Waals surface area contributed by atoms with Gasteiger partial charge >= 0.3 is 0 Å². The van der Waals surface area contributed by atoms with Crippen LogP contribution in [0.25, 0.3) is 0 Å². The van der Waals surface area contributed by atoms with E-state index in [0.29, 0.717) is 12.5 Å². The van der Waals surface area contributed by atoms with Crippen molar-refractivity contribution in [2.24, 2.45) is 17.6 Å². The van der Waals surface area contributed by atoms with Crippen LogP contribution in [0.2, 0.25) is 0 Å². The van der Waals surface area contributed by atoms with Crippen LogP contribution in [0.1, 0.15) is 26.7 Å². The molecule has 1 heterocycles. The molecule has 1 amide bonds. The number of hydrogen-bond donors (Lipinski definition) is 6. The molecule has 0 aliphatic carbocycles. The van der Waals surface area contributed by atoms with Crippen LogP contribution in [0, 0.1) is 11.8 Å². The topological polar surface area (TPSA) is 145 Å². The molecule has 6 atom stereocenters. The van der Waals surface area contributed by atoms with Crippen molar-refractivity contribution in [3.05, 3.63) is 0 Å². The smallest absolute Gasteiger partial charge is 0.220 e. The van der Waals surface area contributed by atoms with E-state index in [0.717, 1.165) is 6.42 Å². The van der Waals surface area contributed by atoms with Crippen molar-refractivity contribution in [3.63, 3.8) is 0 Å². The maximum Gasteiger partial charge on any atom is 0.220 e. The second-order valence-electron chi connectivity index (χ2n) is 6.26. The Hall–Kier alpha value is -0.770. The zero-order valence-corrected chi connectivity index (χ0v) is 13.1. The molecule has 0 aromatic rings. The first-order valence-electron chi connectivity index (χ1n) is 7.60. The Bertz CT molecular complexity index is 354. The van der Waals surface area contributed by atoms with Gasteiger partial charge in [0, 0.05) is 6.42 Å². The predicted molar refractivity (Wildman–Crippen MR) is 78.5 cm³/mol. The standard InChI is InChI=1S/C14H28N2O6/c1-7(2)3-8(5-15)4-10(18)16-11-13(20)12(19)9(6-17)22-14(11)21/h7-9,11-14,17,19-21H,3-6,15H2,1-2H3,(H,16,18)/t8-,9+,11-,12+,13+,14?/m0/s1. The highest BCUT2D eigenvalue weighted by Gasteiger charge is 2.44. The van der Waals surface area contributed by atoms with Gasteiger partial charge in [-0.2, -0.15) is 0 Å². The molecular formula is C14H28N2O6. The Morgan fingerprint density at radius 2 is 1.91 bits per heavy atom. The molecule has 0 aromatic carbocycles. The number of nitrogens with two attached hydrogens (primary N) is 1. The van der Waals surface area contributed by atoms with Crippen LogP contribution in [-0.2, 0) is 9.53 Å². The first kappa shape index (κ1) is 19.3. The minimum Gasteiger partial charge on any atom is -0.394 e. The summed E-state index contributed by atoms with van der Waals surface area (Å²) in [5, 5.41) is 41.0. The lowest BCUT2D eigenvalue weighted by atomic mass is 9.93. The molecule has 130 valence electrons. The SMILES string of the molecule is CC(C)C[C@H](CN)CC(=O)N[C@@H]1C(O)O[C@H](CO)[C@@H](O)[C@@H]1O. The van der Waals surface area contributed by atoms with Crippen molar-refractivity contribution in [1.29, 1.82) is 0 Å². The van der Waals surface area contributed by atoms with E-state index in [1.165, 1.54) is 0 Å². The van der Waals surface area contributed by atoms with E-state index in [2.05, 4.69) is 5.32 Å². The van der Waals surface area contributed by atoms with Gasteiger partial charge in [0.1, 0.15) is 24.4 Å². The minimum absolute atomic E-state index is 0.00825. The number of rotatable bonds is 7. The number of nitrogens with one attached hydrogen (secondary N) is 1. The van der Waals surface area contributed by atoms with Crippen molar-refractivity contribution in [3.8, 4) is 0 Å². The number of ether oxygens (including phenoxy) is 1. The molecule has 8 nitrogen and oxygen atoms in total. The highest BCUT2D eigenvalue weighted by molar-refractivity contribution is 5.76. The fourth-order valence-corrected chi connectivity index (χ4v) is 2.69. The van der Waals surface area contributed by atoms with Crippen molar-refractivity contribution in [1.82, 2.24) is 5.32 Å². The van der Waals surface area contributed by atoms with Crippen molar-refractivity contribution >= 4 is 5.91 Å². The van der Waals surface area contributed by atoms with Crippen LogP contribution >= 0.6 is 0 Å². The molecule has 22 heavy (non-hydrogen) atoms. The van der Waals surface area contributed by atoms with Gasteiger partial charge in [-0.1, -0.05) is 13.8 Å². The third kappa shape index (κ3) is 5.15. The predicted octanol–water partition coefficient (Wildman–Crippen LogP) is -2.09. The zero-order valence-electron chi connectivity index (χ0n) is 13.1. The maximum absolute atomic E-state index is 12.0. The van der Waals surface area contributed by atoms with Crippen molar-refractivity contribution < 1.29 is 30.0 Å². The Morgan fingerprint density at radius 3 is 2.41 bits per heavy atom. The van der Waals surface area contributed by atoms with Gasteiger partial charge in [-0.05, 0) is 24.8 Å². The van der Waals surface area contributed by atoms with Gasteiger partial charge in [-0.15, -0.1) is 0 Å². The summed E-state index contributed by atoms with van der Waals surface area (Å²) in [7, 11) is 0. The summed E-state index contributed by atoms with van der Waals surface area (Å²) in [4.78, 5) is 12.0. The quantitative estimate of drug-likeness (QED) is 0.315. The van der Waals surface area contributed by atoms with Gasteiger partial charge in [0.25, 0.3) is 0 Å². The van der Waals surface area contributed by atoms with E-state index >= 15 is 0 Å². The van der Waals surface area contributed by atoms with Crippen LogP contribution in [-0.4, -0.2) is 70.1 Å². The van der Waals surface area contributed by atoms with Gasteiger partial charge in [-0.25, -0.2) is 0 Å². The molecule has 0 spiro atoms. The summed E-state index contributed by atoms with van der Waals surface area (Å²) in [6, 6.07) is -1.15. The number of carbonyl (C=O) groups excluding carboxylic acids is 1. The summed E-state index contributed by atoms with van der Waals surface area (Å²) in [6.07, 6.45) is -4.43. The number of aliphatic hydroxyl groups excluding tert-OH is 4. The van der Waals surface area contributed by atoms with Crippen LogP contribution in [0.3, 0.4) is 0 Å². The van der Waals surface area contributed by atoms with Gasteiger partial charge in [-0.3, -0.25) is 4.79 Å². The lowest BCUT2D eigenvalue weighted by Crippen LogP contribution is -2.64. The van der Waals surface area contributed by atoms with Gasteiger partial charge in [0.05, 0.1) is 6.61 Å². The molecule has 8 heteroatoms. The highest BCUT2D eigenvalue weighted by Crippen LogP contribution is 2.20. The summed E-state index contributed by atoms with van der Waals surface area (Å²) in [5.74, 6) is 0.0361. The lowest BCUT2D eigenvalue weighted by Gasteiger charge is -2.40. The molecule has 7 N–H and O–H groups in total. The molecule has 0 radical (unpaired) electrons. The second-order valence-corrected chi connectivity index (χ2v) is 6.26. The van der Waals surface area contributed by atoms with Crippen LogP contribution in [0.5, 0.6) is 0 Å². The van der Waals surface area contributed by atoms with Crippen molar-refractivity contribution in [2.45, 2.75) is 57.3 Å². The van der Waals surface area contributed by atoms with Crippen LogP contribution in [0.4, 0.5) is 0 Å². The number of amides is 1. The molecule has 0 bridgehead atoms. The third-order valence-electron chi connectivity index (χ3n) is 3.84. The van der Waals surface area contributed by atoms with E-state index in [9.17, 15) is 20.1 Å². The minimum atomic E-state index is -1.50. The zero-order chi connectivity index (χ0) is 16.9. The first-order valence-corrected chi connectivity index (χ1v) is 7.60. The molecule has 0 saturated carbocycles. The molecule has 1 saturated heterocycles. The number of aliphatic hydroxyl groups is 4. The normalized spacial score (nSPS) is 33.7. The summed E-state index contributed by atoms with van der Waals surface area (Å²) >= 11 is 0. The fraction of sp³-hybridized carbons (Fsp3) is 0.929. The highest BCUT2D eigenvalue weighted by atomic mass is 16.6. The Labute approximate surface area is 130 Å². The third-order valence-corrected chi connectivity index (χ3v) is 3.84. The van der Waals surface area contributed by atoms with E-state index in [1.54, 1.807) is 0 Å². The Morgan fingerprint density at radius 1 is 1.27 bits per heavy atom. The van der Waals surface area contributed by atoms with Crippen molar-refractivity contribution in [2.75, 3.05) is 13.2 Å². The number of hydrogen-bond acceptors (Lipinski definition) is 7. The summed E-state index contributed by atoms with van der Waals surface area (Å²) < 4.78 is 4.98. The monoisotopic (exact) mass is 320 g/mol. The van der Waals surface area contributed by atoms with Gasteiger partial charge < -0.3 is 36.2 Å². The van der Waals surface area contributed by atoms with Gasteiger partial charge in [0.2, 0.25) is 5.91 Å². The fourth-order valence-electron chi connectivity index (χ4n) is 2.69. The molecule has 1 rings (SSSR count). The van der Waals surface area contributed by atoms with Crippen LogP contribution in [0.15, 0.2) is 0 Å². The molecule has 1 fully saturated rings. The lowest BCUT2D eigenvalue weighted by molar-refractivity contribution is -0.253. The summed E-state index contributed by atoms with van der Waals surface area (Å²) in [5.41, 5.74) is 5.64. The van der Waals surface area contributed by atoms with E-state index < -0.39 is 37.3 Å². The second kappa shape index (κ2) is 8.76. The maximum atomic E-state index is 12.0. The number of carbonyl (C=O) groups is 1. The van der Waals surface area contributed by atoms with Gasteiger partial charge in [0.15, 0.2) is 6.29 Å². The molecular weight excluding hydrogens is 292 g/mol. The van der Waals surface area contributed by atoms with E-state index in [-0.39, 0.29) is 18.2 Å². The van der Waals surface area contributed by atoms with Crippen LogP contribution < -0.4 is 11.1 Å². The average molecular weight is 320 g/mol. The Balaban J connectivity index is 2.59. The molecule has 1 aliphatic heterocycles. The first-order chi connectivity index (χ1) is 10.3. The van der Waals surface area contributed by atoms with E-state index in [1.807, 2.05) is 13.8 Å². The molecule has 0 aromatic heterocycles. The molecule has 1 aliphatic rings. The Kier molecular flexibility index (Phi) is 7.67. The molecule has 1 unspecified atom stereocenters. The summed E-state index contributed by atoms with van der Waals surface area (Å²) in [6.45, 7) is 3.90. The largest absolute Gasteiger partial charge is 0.394 e. The average Bonchev–Trinajstić information content (AvgIpc) is 2.46. The van der Waals surface area contributed by atoms with E-state index in [4.69, 9.17) is 15.6 Å².